The van der Waals surface area contributed by atoms with Gasteiger partial charge in [0.05, 0.1) is 390 Å². The fraction of sp³-hybridized carbons (Fsp3) is 0.961. The Labute approximate surface area is 648 Å². The van der Waals surface area contributed by atoms with Crippen LogP contribution in [0.3, 0.4) is 0 Å². The largest absolute Gasteiger partial charge is 0.460 e. The topological polar surface area (TPSA) is 303 Å². The smallest absolute Gasteiger partial charge is 0.333 e. The van der Waals surface area contributed by atoms with Crippen molar-refractivity contribution < 1.29 is 152 Å². The van der Waals surface area contributed by atoms with Gasteiger partial charge >= 0.3 is 5.97 Å². The van der Waals surface area contributed by atoms with Gasteiger partial charge in [0.25, 0.3) is 0 Å². The van der Waals surface area contributed by atoms with Crippen molar-refractivity contribution in [1.29, 1.82) is 0 Å². The molecule has 0 spiro atoms. The molecular formula is C76H150O32. The standard InChI is InChI=1S/C76H150O32/c1-4-5-6-7-8-9-10-11-12-13-14-78-15-16-79-17-18-80-19-20-81-21-22-82-23-24-83-25-26-84-27-28-85-29-30-86-31-32-87-33-34-88-35-36-89-37-38-90-39-40-91-41-42-92-43-44-93-45-46-94-47-48-95-49-50-96-51-52-97-53-54-98-55-56-99-57-58-100-59-60-101-61-62-102-63-64-103-65-66-104-67-68-105-69-70-106-71-72-107-73-74-108-76(77)75(2)3/h2,4-74H2,1,3H3. The number of ether oxygens (including phenoxy) is 31. The second-order valence-corrected chi connectivity index (χ2v) is 23.5. The van der Waals surface area contributed by atoms with Crippen LogP contribution in [-0.2, 0) is 152 Å². The van der Waals surface area contributed by atoms with Crippen LogP contribution in [0, 0.1) is 0 Å². The molecule has 0 saturated carbocycles. The van der Waals surface area contributed by atoms with E-state index in [-0.39, 0.29) is 6.61 Å². The van der Waals surface area contributed by atoms with Crippen molar-refractivity contribution in [1.82, 2.24) is 0 Å². The summed E-state index contributed by atoms with van der Waals surface area (Å²) in [6.07, 6.45) is 13.3. The highest BCUT2D eigenvalue weighted by Gasteiger charge is 2.05. The van der Waals surface area contributed by atoms with Crippen LogP contribution in [-0.4, -0.2) is 409 Å². The van der Waals surface area contributed by atoms with Crippen LogP contribution in [0.25, 0.3) is 0 Å². The minimum atomic E-state index is -0.420. The molecule has 32 heteroatoms. The lowest BCUT2D eigenvalue weighted by atomic mass is 10.1. The highest BCUT2D eigenvalue weighted by atomic mass is 16.6. The normalized spacial score (nSPS) is 11.7. The summed E-state index contributed by atoms with van der Waals surface area (Å²) in [5.41, 5.74) is 0.363. The monoisotopic (exact) mass is 1580 g/mol. The van der Waals surface area contributed by atoms with Crippen molar-refractivity contribution in [2.75, 3.05) is 403 Å². The van der Waals surface area contributed by atoms with Gasteiger partial charge in [-0.2, -0.15) is 0 Å². The molecule has 0 aromatic carbocycles. The summed E-state index contributed by atoms with van der Waals surface area (Å²) in [6, 6.07) is 0. The van der Waals surface area contributed by atoms with E-state index in [0.29, 0.717) is 395 Å². The van der Waals surface area contributed by atoms with Crippen LogP contribution < -0.4 is 0 Å². The first-order valence-electron chi connectivity index (χ1n) is 39.8. The summed E-state index contributed by atoms with van der Waals surface area (Å²) in [7, 11) is 0. The number of carbonyl (C=O) groups excluding carboxylic acids is 1. The molecule has 0 aromatic rings. The van der Waals surface area contributed by atoms with Crippen molar-refractivity contribution in [2.45, 2.75) is 78.1 Å². The van der Waals surface area contributed by atoms with E-state index in [9.17, 15) is 4.79 Å². The zero-order chi connectivity index (χ0) is 77.3. The molecule has 0 aromatic heterocycles. The van der Waals surface area contributed by atoms with E-state index in [1.165, 1.54) is 57.8 Å². The lowest BCUT2D eigenvalue weighted by molar-refractivity contribution is -0.140. The molecule has 0 amide bonds. The molecule has 0 aliphatic rings. The number of hydrogen-bond acceptors (Lipinski definition) is 32. The summed E-state index contributed by atoms with van der Waals surface area (Å²) >= 11 is 0. The van der Waals surface area contributed by atoms with Crippen LogP contribution in [0.4, 0.5) is 0 Å². The predicted molar refractivity (Wildman–Crippen MR) is 402 cm³/mol. The number of unbranched alkanes of at least 4 members (excludes halogenated alkanes) is 9. The molecule has 0 atom stereocenters. The quantitative estimate of drug-likeness (QED) is 0.0411. The molecule has 0 unspecified atom stereocenters. The Morgan fingerprint density at radius 2 is 0.259 bits per heavy atom. The van der Waals surface area contributed by atoms with E-state index in [4.69, 9.17) is 147 Å². The van der Waals surface area contributed by atoms with Crippen LogP contribution in [0.1, 0.15) is 78.1 Å². The maximum absolute atomic E-state index is 11.2. The SMILES string of the molecule is C=C(C)C(=O)OCCOCCOCCOCCOCCOCCOCCOCCOCCOCCOCCOCCOCCOCCOCCOCCOCCOCCOCCOCCOCCOCCOCCOCCOCCOCCOCCOCCOCCOCCOCCCCCCCCCCCC. The highest BCUT2D eigenvalue weighted by Crippen LogP contribution is 2.11. The minimum Gasteiger partial charge on any atom is -0.460 e. The third-order valence-corrected chi connectivity index (χ3v) is 14.2. The first-order chi connectivity index (χ1) is 53.7. The molecule has 646 valence electrons. The average Bonchev–Trinajstić information content (AvgIpc) is 1.60. The van der Waals surface area contributed by atoms with Gasteiger partial charge in [0.2, 0.25) is 0 Å². The van der Waals surface area contributed by atoms with E-state index >= 15 is 0 Å². The zero-order valence-corrected chi connectivity index (χ0v) is 67.0. The summed E-state index contributed by atoms with van der Waals surface area (Å²) in [5, 5.41) is 0. The number of esters is 1. The maximum Gasteiger partial charge on any atom is 0.333 e. The molecule has 0 bridgehead atoms. The van der Waals surface area contributed by atoms with Crippen LogP contribution in [0.2, 0.25) is 0 Å². The van der Waals surface area contributed by atoms with Crippen molar-refractivity contribution in [3.05, 3.63) is 12.2 Å². The van der Waals surface area contributed by atoms with Gasteiger partial charge in [-0.25, -0.2) is 4.79 Å². The Hall–Kier alpha value is -1.99. The molecule has 32 nitrogen and oxygen atoms in total. The highest BCUT2D eigenvalue weighted by molar-refractivity contribution is 5.86. The molecule has 0 saturated heterocycles. The maximum atomic E-state index is 11.2. The molecule has 108 heavy (non-hydrogen) atoms. The molecule has 0 rings (SSSR count). The van der Waals surface area contributed by atoms with Gasteiger partial charge in [-0.1, -0.05) is 71.3 Å². The first-order valence-corrected chi connectivity index (χ1v) is 39.8. The molecule has 0 fully saturated rings. The van der Waals surface area contributed by atoms with Crippen LogP contribution in [0.5, 0.6) is 0 Å². The molecular weight excluding hydrogens is 1420 g/mol. The number of hydrogen-bond donors (Lipinski definition) is 0. The van der Waals surface area contributed by atoms with Gasteiger partial charge in [-0.15, -0.1) is 0 Å². The van der Waals surface area contributed by atoms with Crippen LogP contribution in [0.15, 0.2) is 12.2 Å². The van der Waals surface area contributed by atoms with Gasteiger partial charge in [0.15, 0.2) is 0 Å². The third-order valence-electron chi connectivity index (χ3n) is 14.2. The fourth-order valence-corrected chi connectivity index (χ4v) is 8.49. The summed E-state index contributed by atoms with van der Waals surface area (Å²) in [6.45, 7) is 37.0. The van der Waals surface area contributed by atoms with Crippen LogP contribution >= 0.6 is 0 Å². The van der Waals surface area contributed by atoms with Crippen molar-refractivity contribution >= 4 is 5.97 Å². The van der Waals surface area contributed by atoms with Crippen molar-refractivity contribution in [3.8, 4) is 0 Å². The van der Waals surface area contributed by atoms with Gasteiger partial charge in [0.1, 0.15) is 6.61 Å². The first kappa shape index (κ1) is 106. The average molecular weight is 1580 g/mol. The lowest BCUT2D eigenvalue weighted by Gasteiger charge is -2.09. The summed E-state index contributed by atoms with van der Waals surface area (Å²) in [5.74, 6) is -0.420. The molecule has 0 heterocycles. The van der Waals surface area contributed by atoms with E-state index in [2.05, 4.69) is 13.5 Å². The third kappa shape index (κ3) is 100. The number of rotatable bonds is 102. The Morgan fingerprint density at radius 1 is 0.157 bits per heavy atom. The molecule has 0 radical (unpaired) electrons. The zero-order valence-electron chi connectivity index (χ0n) is 67.0. The molecule has 0 aliphatic carbocycles. The van der Waals surface area contributed by atoms with Gasteiger partial charge in [-0.3, -0.25) is 0 Å². The Kier molecular flexibility index (Phi) is 99.2. The van der Waals surface area contributed by atoms with Crippen molar-refractivity contribution in [3.63, 3.8) is 0 Å². The van der Waals surface area contributed by atoms with E-state index in [0.717, 1.165) is 13.0 Å². The minimum absolute atomic E-state index is 0.189. The van der Waals surface area contributed by atoms with Crippen molar-refractivity contribution in [2.24, 2.45) is 0 Å². The van der Waals surface area contributed by atoms with E-state index in [1.807, 2.05) is 0 Å². The second kappa shape index (κ2) is 101. The van der Waals surface area contributed by atoms with Gasteiger partial charge in [0, 0.05) is 12.2 Å². The Balaban J connectivity index is 3.10. The summed E-state index contributed by atoms with van der Waals surface area (Å²) in [4.78, 5) is 11.2. The Bertz CT molecular complexity index is 1640. The summed E-state index contributed by atoms with van der Waals surface area (Å²) < 4.78 is 171. The fourth-order valence-electron chi connectivity index (χ4n) is 8.49. The Morgan fingerprint density at radius 3 is 0.380 bits per heavy atom. The van der Waals surface area contributed by atoms with E-state index in [1.54, 1.807) is 6.92 Å². The van der Waals surface area contributed by atoms with Gasteiger partial charge in [-0.05, 0) is 13.3 Å². The second-order valence-electron chi connectivity index (χ2n) is 23.5. The predicted octanol–water partition coefficient (Wildman–Crippen LogP) is 5.52. The number of carbonyl (C=O) groups is 1. The lowest BCUT2D eigenvalue weighted by Crippen LogP contribution is -2.16. The molecule has 0 N–H and O–H groups in total. The van der Waals surface area contributed by atoms with E-state index < -0.39 is 5.97 Å². The van der Waals surface area contributed by atoms with Gasteiger partial charge < -0.3 is 147 Å². The molecule has 0 aliphatic heterocycles.